The molecule has 212 valence electrons. The van der Waals surface area contributed by atoms with E-state index < -0.39 is 18.1 Å². The number of rotatable bonds is 12. The van der Waals surface area contributed by atoms with E-state index in [-0.39, 0.29) is 30.7 Å². The molecule has 1 aromatic heterocycles. The lowest BCUT2D eigenvalue weighted by molar-refractivity contribution is -0.150. The molecule has 2 aliphatic rings. The van der Waals surface area contributed by atoms with E-state index in [0.717, 1.165) is 55.0 Å². The number of carboxylic acids is 1. The maximum atomic E-state index is 14.0. The number of aromatic nitrogens is 1. The van der Waals surface area contributed by atoms with Gasteiger partial charge in [0.1, 0.15) is 12.1 Å². The minimum atomic E-state index is -1.00. The second-order valence-corrected chi connectivity index (χ2v) is 11.1. The van der Waals surface area contributed by atoms with Gasteiger partial charge in [0.2, 0.25) is 17.7 Å². The van der Waals surface area contributed by atoms with Gasteiger partial charge in [0.15, 0.2) is 0 Å². The van der Waals surface area contributed by atoms with Crippen molar-refractivity contribution in [3.8, 4) is 0 Å². The molecule has 9 nitrogen and oxygen atoms in total. The van der Waals surface area contributed by atoms with Crippen LogP contribution in [0.2, 0.25) is 0 Å². The second-order valence-electron chi connectivity index (χ2n) is 11.1. The van der Waals surface area contributed by atoms with E-state index >= 15 is 0 Å². The van der Waals surface area contributed by atoms with Gasteiger partial charge < -0.3 is 25.2 Å². The van der Waals surface area contributed by atoms with E-state index in [1.165, 1.54) is 11.3 Å². The van der Waals surface area contributed by atoms with Crippen LogP contribution in [0.3, 0.4) is 0 Å². The summed E-state index contributed by atoms with van der Waals surface area (Å²) in [6.07, 6.45) is 10.6. The van der Waals surface area contributed by atoms with Gasteiger partial charge >= 0.3 is 5.97 Å². The van der Waals surface area contributed by atoms with Crippen LogP contribution in [0.1, 0.15) is 76.7 Å². The number of likely N-dealkylation sites (tertiary alicyclic amines) is 1. The lowest BCUT2D eigenvalue weighted by atomic mass is 9.88. The molecule has 0 radical (unpaired) electrons. The Morgan fingerprint density at radius 2 is 1.87 bits per heavy atom. The topological polar surface area (TPSA) is 123 Å². The molecule has 4 rings (SSSR count). The Labute approximate surface area is 230 Å². The van der Waals surface area contributed by atoms with Crippen molar-refractivity contribution in [1.29, 1.82) is 0 Å². The van der Waals surface area contributed by atoms with Crippen LogP contribution >= 0.6 is 0 Å². The Hall–Kier alpha value is -3.36. The summed E-state index contributed by atoms with van der Waals surface area (Å²) in [4.78, 5) is 58.3. The summed E-state index contributed by atoms with van der Waals surface area (Å²) in [5.41, 5.74) is 1.82. The number of aromatic amines is 1. The minimum absolute atomic E-state index is 0.148. The van der Waals surface area contributed by atoms with Crippen molar-refractivity contribution < 1.29 is 24.3 Å². The molecule has 1 aliphatic carbocycles. The summed E-state index contributed by atoms with van der Waals surface area (Å²) < 4.78 is 0. The maximum absolute atomic E-state index is 14.0. The van der Waals surface area contributed by atoms with Gasteiger partial charge in [-0.25, -0.2) is 4.79 Å². The number of hydrogen-bond acceptors (Lipinski definition) is 4. The molecule has 39 heavy (non-hydrogen) atoms. The van der Waals surface area contributed by atoms with Gasteiger partial charge in [-0.15, -0.1) is 0 Å². The number of nitrogens with zero attached hydrogens (tertiary/aromatic N) is 2. The van der Waals surface area contributed by atoms with E-state index in [9.17, 15) is 24.3 Å². The molecular formula is C30H42N4O5. The monoisotopic (exact) mass is 538 g/mol. The summed E-state index contributed by atoms with van der Waals surface area (Å²) in [6.45, 7) is 2.73. The smallest absolute Gasteiger partial charge is 0.326 e. The lowest BCUT2D eigenvalue weighted by Gasteiger charge is -2.33. The number of carbonyl (C=O) groups is 4. The zero-order valence-electron chi connectivity index (χ0n) is 23.0. The first-order chi connectivity index (χ1) is 18.9. The van der Waals surface area contributed by atoms with Crippen molar-refractivity contribution in [2.75, 3.05) is 19.6 Å². The fraction of sp³-hybridized carbons (Fsp3) is 0.600. The summed E-state index contributed by atoms with van der Waals surface area (Å²) in [6, 6.07) is 6.23. The summed E-state index contributed by atoms with van der Waals surface area (Å²) >= 11 is 0. The third kappa shape index (κ3) is 7.40. The highest BCUT2D eigenvalue weighted by Crippen LogP contribution is 2.26. The molecule has 3 amide bonds. The predicted molar refractivity (Wildman–Crippen MR) is 149 cm³/mol. The van der Waals surface area contributed by atoms with E-state index in [1.807, 2.05) is 37.4 Å². The molecule has 1 saturated carbocycles. The first-order valence-electron chi connectivity index (χ1n) is 14.5. The number of para-hydroxylation sites is 1. The molecule has 2 atom stereocenters. The van der Waals surface area contributed by atoms with Gasteiger partial charge in [-0.05, 0) is 49.7 Å². The van der Waals surface area contributed by atoms with Crippen LogP contribution < -0.4 is 5.32 Å². The summed E-state index contributed by atoms with van der Waals surface area (Å²) in [7, 11) is 0. The zero-order chi connectivity index (χ0) is 27.8. The average Bonchev–Trinajstić information content (AvgIpc) is 3.59. The van der Waals surface area contributed by atoms with Gasteiger partial charge in [-0.3, -0.25) is 14.4 Å². The Morgan fingerprint density at radius 3 is 2.62 bits per heavy atom. The van der Waals surface area contributed by atoms with Crippen LogP contribution in [0.25, 0.3) is 10.9 Å². The normalized spacial score (nSPS) is 18.7. The minimum Gasteiger partial charge on any atom is -0.480 e. The van der Waals surface area contributed by atoms with E-state index in [2.05, 4.69) is 10.3 Å². The fourth-order valence-corrected chi connectivity index (χ4v) is 6.07. The Balaban J connectivity index is 1.49. The first kappa shape index (κ1) is 28.6. The number of amides is 3. The number of benzene rings is 1. The molecule has 0 unspecified atom stereocenters. The van der Waals surface area contributed by atoms with Crippen LogP contribution in [-0.4, -0.2) is 75.3 Å². The molecule has 9 heteroatoms. The van der Waals surface area contributed by atoms with Crippen molar-refractivity contribution in [2.45, 2.75) is 89.6 Å². The molecule has 1 aliphatic heterocycles. The Kier molecular flexibility index (Phi) is 10.0. The van der Waals surface area contributed by atoms with Gasteiger partial charge in [0.25, 0.3) is 0 Å². The van der Waals surface area contributed by atoms with E-state index in [0.29, 0.717) is 38.3 Å². The van der Waals surface area contributed by atoms with Crippen LogP contribution in [0.15, 0.2) is 30.5 Å². The van der Waals surface area contributed by atoms with Crippen molar-refractivity contribution in [1.82, 2.24) is 20.1 Å². The fourth-order valence-electron chi connectivity index (χ4n) is 6.07. The third-order valence-corrected chi connectivity index (χ3v) is 8.20. The highest BCUT2D eigenvalue weighted by molar-refractivity contribution is 5.93. The number of carbonyl (C=O) groups excluding carboxylic acids is 3. The number of carboxylic acid groups (broad SMARTS) is 1. The Bertz CT molecular complexity index is 1160. The van der Waals surface area contributed by atoms with E-state index in [1.54, 1.807) is 4.90 Å². The van der Waals surface area contributed by atoms with Crippen molar-refractivity contribution in [3.05, 3.63) is 36.0 Å². The average molecular weight is 539 g/mol. The van der Waals surface area contributed by atoms with Crippen LogP contribution in [0, 0.1) is 5.92 Å². The van der Waals surface area contributed by atoms with E-state index in [4.69, 9.17) is 0 Å². The predicted octanol–water partition coefficient (Wildman–Crippen LogP) is 3.87. The first-order valence-corrected chi connectivity index (χ1v) is 14.5. The SMILES string of the molecule is CCCC[C@H](NC(=O)Cc1c[nH]c2ccccc12)C(=O)N(CC(=O)N1CCC[C@@H]1C(=O)O)CC1CCCCC1. The number of hydrogen-bond donors (Lipinski definition) is 3. The summed E-state index contributed by atoms with van der Waals surface area (Å²) in [5, 5.41) is 13.5. The molecule has 3 N–H and O–H groups in total. The molecule has 2 aromatic rings. The van der Waals surface area contributed by atoms with Crippen LogP contribution in [0.5, 0.6) is 0 Å². The third-order valence-electron chi connectivity index (χ3n) is 8.20. The molecule has 0 spiro atoms. The number of unbranched alkanes of at least 4 members (excludes halogenated alkanes) is 1. The van der Waals surface area contributed by atoms with Crippen molar-refractivity contribution in [2.24, 2.45) is 5.92 Å². The largest absolute Gasteiger partial charge is 0.480 e. The highest BCUT2D eigenvalue weighted by Gasteiger charge is 2.36. The quantitative estimate of drug-likeness (QED) is 0.379. The van der Waals surface area contributed by atoms with Crippen LogP contribution in [0.4, 0.5) is 0 Å². The van der Waals surface area contributed by atoms with Gasteiger partial charge in [0, 0.05) is 30.2 Å². The second kappa shape index (κ2) is 13.6. The number of aliphatic carboxylic acids is 1. The summed E-state index contributed by atoms with van der Waals surface area (Å²) in [5.74, 6) is -1.51. The van der Waals surface area contributed by atoms with Crippen molar-refractivity contribution >= 4 is 34.6 Å². The maximum Gasteiger partial charge on any atom is 0.326 e. The van der Waals surface area contributed by atoms with Gasteiger partial charge in [-0.1, -0.05) is 57.2 Å². The molecule has 0 bridgehead atoms. The van der Waals surface area contributed by atoms with Gasteiger partial charge in [0.05, 0.1) is 13.0 Å². The number of fused-ring (bicyclic) bond motifs is 1. The number of nitrogens with one attached hydrogen (secondary N) is 2. The molecule has 1 aromatic carbocycles. The Morgan fingerprint density at radius 1 is 1.10 bits per heavy atom. The standard InChI is InChI=1S/C30H42N4O5/c1-2-3-13-25(32-27(35)17-22-18-31-24-14-8-7-12-23(22)24)29(37)33(19-21-10-5-4-6-11-21)20-28(36)34-16-9-15-26(34)30(38)39/h7-8,12,14,18,21,25-26,31H,2-6,9-11,13,15-17,19-20H2,1H3,(H,32,35)(H,38,39)/t25-,26+/m0/s1. The lowest BCUT2D eigenvalue weighted by Crippen LogP contribution is -2.54. The molecular weight excluding hydrogens is 496 g/mol. The molecule has 1 saturated heterocycles. The zero-order valence-corrected chi connectivity index (χ0v) is 23.0. The highest BCUT2D eigenvalue weighted by atomic mass is 16.4. The molecule has 2 fully saturated rings. The van der Waals surface area contributed by atoms with Crippen LogP contribution in [-0.2, 0) is 25.6 Å². The van der Waals surface area contributed by atoms with Crippen molar-refractivity contribution in [3.63, 3.8) is 0 Å². The van der Waals surface area contributed by atoms with Gasteiger partial charge in [-0.2, -0.15) is 0 Å². The molecule has 2 heterocycles. The number of H-pyrrole nitrogens is 1.